The highest BCUT2D eigenvalue weighted by Crippen LogP contribution is 2.62. The summed E-state index contributed by atoms with van der Waals surface area (Å²) in [5.74, 6) is 7.48. The van der Waals surface area contributed by atoms with Crippen molar-refractivity contribution in [3.63, 3.8) is 0 Å². The molecule has 0 aliphatic heterocycles. The highest BCUT2D eigenvalue weighted by molar-refractivity contribution is 5.85. The Balaban J connectivity index is 1.23. The largest absolute Gasteiger partial charge is 0.507 e. The Morgan fingerprint density at radius 1 is 0.839 bits per heavy atom. The standard InChI is InChI=1S/C28H37NO2/c1-31-24-10-23(15-29-26-21-6-16-2-17(8-21)9-22(26)7-16)27(30)25(11-24)28-12-18-3-19(13-28)5-20(4-18)14-28/h10-11,15-22,26,30H,2-9,12-14H2,1H3. The van der Waals surface area contributed by atoms with Crippen LogP contribution in [0.3, 0.4) is 0 Å². The summed E-state index contributed by atoms with van der Waals surface area (Å²) in [5, 5.41) is 11.5. The van der Waals surface area contributed by atoms with Gasteiger partial charge in [-0.05, 0) is 130 Å². The maximum Gasteiger partial charge on any atom is 0.128 e. The van der Waals surface area contributed by atoms with Crippen molar-refractivity contribution in [1.82, 2.24) is 0 Å². The van der Waals surface area contributed by atoms with E-state index in [1.165, 1.54) is 70.6 Å². The van der Waals surface area contributed by atoms with Crippen molar-refractivity contribution in [2.24, 2.45) is 46.4 Å². The summed E-state index contributed by atoms with van der Waals surface area (Å²) in [6.07, 6.45) is 17.1. The van der Waals surface area contributed by atoms with Crippen LogP contribution >= 0.6 is 0 Å². The van der Waals surface area contributed by atoms with Gasteiger partial charge in [0.05, 0.1) is 13.2 Å². The smallest absolute Gasteiger partial charge is 0.128 e. The Bertz CT molecular complexity index is 855. The zero-order valence-corrected chi connectivity index (χ0v) is 18.9. The lowest BCUT2D eigenvalue weighted by Gasteiger charge is -2.57. The predicted molar refractivity (Wildman–Crippen MR) is 123 cm³/mol. The van der Waals surface area contributed by atoms with Gasteiger partial charge in [0.2, 0.25) is 0 Å². The third kappa shape index (κ3) is 2.94. The van der Waals surface area contributed by atoms with E-state index in [1.807, 2.05) is 12.3 Å². The molecule has 31 heavy (non-hydrogen) atoms. The fourth-order valence-electron chi connectivity index (χ4n) is 10.00. The molecule has 0 unspecified atom stereocenters. The molecule has 9 rings (SSSR count). The van der Waals surface area contributed by atoms with Gasteiger partial charge in [-0.25, -0.2) is 0 Å². The Morgan fingerprint density at radius 2 is 1.39 bits per heavy atom. The number of ether oxygens (including phenoxy) is 1. The number of nitrogens with zero attached hydrogens (tertiary/aromatic N) is 1. The second-order valence-electron chi connectivity index (χ2n) is 12.5. The lowest BCUT2D eigenvalue weighted by Crippen LogP contribution is -2.48. The number of hydrogen-bond donors (Lipinski definition) is 1. The quantitative estimate of drug-likeness (QED) is 0.598. The van der Waals surface area contributed by atoms with E-state index in [2.05, 4.69) is 6.07 Å². The topological polar surface area (TPSA) is 41.8 Å². The molecule has 0 amide bonds. The lowest BCUT2D eigenvalue weighted by molar-refractivity contribution is -0.00623. The summed E-state index contributed by atoms with van der Waals surface area (Å²) in [5.41, 5.74) is 2.22. The van der Waals surface area contributed by atoms with E-state index in [0.717, 1.165) is 58.3 Å². The zero-order valence-electron chi connectivity index (χ0n) is 18.9. The predicted octanol–water partition coefficient (Wildman–Crippen LogP) is 6.11. The maximum absolute atomic E-state index is 11.5. The minimum absolute atomic E-state index is 0.165. The number of phenolic OH excluding ortho intramolecular Hbond substituents is 1. The molecular weight excluding hydrogens is 382 g/mol. The third-order valence-electron chi connectivity index (χ3n) is 10.5. The summed E-state index contributed by atoms with van der Waals surface area (Å²) in [4.78, 5) is 5.18. The van der Waals surface area contributed by atoms with Crippen LogP contribution in [0.4, 0.5) is 0 Å². The maximum atomic E-state index is 11.5. The van der Waals surface area contributed by atoms with Crippen LogP contribution in [0.1, 0.15) is 81.8 Å². The second-order valence-corrected chi connectivity index (χ2v) is 12.5. The first-order chi connectivity index (χ1) is 15.1. The SMILES string of the molecule is COc1cc(C=NC2C3CC4CC(C3)CC2C4)c(O)c(C23CC4CC(CC(C4)C2)C3)c1. The average Bonchev–Trinajstić information content (AvgIpc) is 2.72. The number of methoxy groups -OCH3 is 1. The van der Waals surface area contributed by atoms with Crippen LogP contribution in [0.2, 0.25) is 0 Å². The molecule has 8 bridgehead atoms. The molecule has 0 atom stereocenters. The number of benzene rings is 1. The highest BCUT2D eigenvalue weighted by Gasteiger charge is 2.53. The van der Waals surface area contributed by atoms with Crippen LogP contribution in [-0.2, 0) is 5.41 Å². The van der Waals surface area contributed by atoms with Crippen molar-refractivity contribution in [1.29, 1.82) is 0 Å². The normalized spacial score (nSPS) is 46.9. The van der Waals surface area contributed by atoms with Crippen LogP contribution < -0.4 is 4.74 Å². The van der Waals surface area contributed by atoms with Crippen LogP contribution in [0, 0.1) is 41.4 Å². The van der Waals surface area contributed by atoms with Gasteiger partial charge in [0, 0.05) is 17.3 Å². The fourth-order valence-corrected chi connectivity index (χ4v) is 10.00. The van der Waals surface area contributed by atoms with Crippen molar-refractivity contribution in [2.45, 2.75) is 82.1 Å². The Labute approximate surface area is 186 Å². The number of aromatic hydroxyl groups is 1. The molecule has 0 heterocycles. The summed E-state index contributed by atoms with van der Waals surface area (Å²) in [6, 6.07) is 4.64. The van der Waals surface area contributed by atoms with E-state index < -0.39 is 0 Å². The van der Waals surface area contributed by atoms with Gasteiger partial charge in [0.15, 0.2) is 0 Å². The number of aliphatic imine (C=N–C) groups is 1. The molecule has 1 N–H and O–H groups in total. The van der Waals surface area contributed by atoms with Gasteiger partial charge < -0.3 is 9.84 Å². The van der Waals surface area contributed by atoms with Gasteiger partial charge in [0.25, 0.3) is 0 Å². The summed E-state index contributed by atoms with van der Waals surface area (Å²) >= 11 is 0. The zero-order chi connectivity index (χ0) is 20.7. The summed E-state index contributed by atoms with van der Waals surface area (Å²) in [7, 11) is 1.76. The first kappa shape index (κ1) is 19.0. The first-order valence-electron chi connectivity index (χ1n) is 13.0. The van der Waals surface area contributed by atoms with E-state index in [-0.39, 0.29) is 5.41 Å². The van der Waals surface area contributed by atoms with Gasteiger partial charge in [-0.3, -0.25) is 4.99 Å². The first-order valence-corrected chi connectivity index (χ1v) is 13.0. The highest BCUT2D eigenvalue weighted by atomic mass is 16.5. The fraction of sp³-hybridized carbons (Fsp3) is 0.750. The molecule has 0 spiro atoms. The van der Waals surface area contributed by atoms with E-state index in [4.69, 9.17) is 9.73 Å². The number of phenols is 1. The van der Waals surface area contributed by atoms with E-state index in [1.54, 1.807) is 7.11 Å². The van der Waals surface area contributed by atoms with Crippen molar-refractivity contribution in [2.75, 3.05) is 7.11 Å². The van der Waals surface area contributed by atoms with Crippen molar-refractivity contribution < 1.29 is 9.84 Å². The molecule has 3 heteroatoms. The Kier molecular flexibility index (Phi) is 4.14. The third-order valence-corrected chi connectivity index (χ3v) is 10.5. The molecule has 0 aromatic heterocycles. The van der Waals surface area contributed by atoms with Gasteiger partial charge in [-0.15, -0.1) is 0 Å². The van der Waals surface area contributed by atoms with Gasteiger partial charge in [-0.1, -0.05) is 0 Å². The molecule has 0 radical (unpaired) electrons. The molecule has 166 valence electrons. The molecule has 8 saturated carbocycles. The lowest BCUT2D eigenvalue weighted by atomic mass is 9.48. The molecule has 8 fully saturated rings. The van der Waals surface area contributed by atoms with Gasteiger partial charge in [-0.2, -0.15) is 0 Å². The minimum atomic E-state index is 0.165. The van der Waals surface area contributed by atoms with E-state index in [0.29, 0.717) is 11.8 Å². The summed E-state index contributed by atoms with van der Waals surface area (Å²) < 4.78 is 5.73. The molecular formula is C28H37NO2. The monoisotopic (exact) mass is 419 g/mol. The van der Waals surface area contributed by atoms with E-state index >= 15 is 0 Å². The van der Waals surface area contributed by atoms with Gasteiger partial charge >= 0.3 is 0 Å². The van der Waals surface area contributed by atoms with Crippen LogP contribution in [0.15, 0.2) is 17.1 Å². The summed E-state index contributed by atoms with van der Waals surface area (Å²) in [6.45, 7) is 0. The van der Waals surface area contributed by atoms with Crippen molar-refractivity contribution >= 4 is 6.21 Å². The number of hydrogen-bond acceptors (Lipinski definition) is 3. The Morgan fingerprint density at radius 3 is 1.94 bits per heavy atom. The molecule has 3 nitrogen and oxygen atoms in total. The molecule has 1 aromatic carbocycles. The van der Waals surface area contributed by atoms with Crippen LogP contribution in [-0.4, -0.2) is 24.5 Å². The van der Waals surface area contributed by atoms with Crippen molar-refractivity contribution in [3.8, 4) is 11.5 Å². The number of rotatable bonds is 4. The van der Waals surface area contributed by atoms with Gasteiger partial charge in [0.1, 0.15) is 11.5 Å². The average molecular weight is 420 g/mol. The van der Waals surface area contributed by atoms with Crippen LogP contribution in [0.25, 0.3) is 0 Å². The second kappa shape index (κ2) is 6.75. The van der Waals surface area contributed by atoms with E-state index in [9.17, 15) is 5.11 Å². The Hall–Kier alpha value is -1.51. The minimum Gasteiger partial charge on any atom is -0.507 e. The molecule has 8 aliphatic rings. The molecule has 0 saturated heterocycles. The van der Waals surface area contributed by atoms with Crippen molar-refractivity contribution in [3.05, 3.63) is 23.3 Å². The molecule has 8 aliphatic carbocycles. The molecule has 1 aromatic rings. The van der Waals surface area contributed by atoms with Crippen LogP contribution in [0.5, 0.6) is 11.5 Å².